The van der Waals surface area contributed by atoms with E-state index in [1.165, 1.54) is 16.3 Å². The van der Waals surface area contributed by atoms with Crippen LogP contribution in [0.3, 0.4) is 0 Å². The van der Waals surface area contributed by atoms with Crippen molar-refractivity contribution in [3.8, 4) is 0 Å². The summed E-state index contributed by atoms with van der Waals surface area (Å²) in [5.41, 5.74) is 1.22. The number of hydrogen-bond acceptors (Lipinski definition) is 4. The second-order valence-electron chi connectivity index (χ2n) is 4.47. The molecule has 0 aliphatic heterocycles. The third-order valence-corrected chi connectivity index (χ3v) is 3.15. The third-order valence-electron chi connectivity index (χ3n) is 3.15. The van der Waals surface area contributed by atoms with Gasteiger partial charge in [0.25, 0.3) is 0 Å². The molecular formula is C15H15N5. The van der Waals surface area contributed by atoms with Gasteiger partial charge in [0.1, 0.15) is 0 Å². The highest BCUT2D eigenvalue weighted by Crippen LogP contribution is 2.19. The second kappa shape index (κ2) is 5.52. The van der Waals surface area contributed by atoms with Gasteiger partial charge < -0.3 is 5.32 Å². The van der Waals surface area contributed by atoms with E-state index in [-0.39, 0.29) is 0 Å². The van der Waals surface area contributed by atoms with Gasteiger partial charge >= 0.3 is 0 Å². The lowest BCUT2D eigenvalue weighted by atomic mass is 10.0. The van der Waals surface area contributed by atoms with Gasteiger partial charge in [-0.1, -0.05) is 53.6 Å². The summed E-state index contributed by atoms with van der Waals surface area (Å²) in [5.74, 6) is 0.651. The molecule has 0 bridgehead atoms. The molecular weight excluding hydrogens is 250 g/mol. The Balaban J connectivity index is 1.83. The number of hydrogen-bond donors (Lipinski definition) is 1. The number of fused-ring (bicyclic) bond motifs is 1. The molecule has 0 aliphatic rings. The number of benzene rings is 2. The maximum atomic E-state index is 3.97. The Morgan fingerprint density at radius 1 is 1.15 bits per heavy atom. The first-order valence-electron chi connectivity index (χ1n) is 6.46. The minimum atomic E-state index is 0.588. The van der Waals surface area contributed by atoms with E-state index >= 15 is 0 Å². The van der Waals surface area contributed by atoms with Crippen molar-refractivity contribution < 1.29 is 0 Å². The van der Waals surface area contributed by atoms with E-state index in [1.54, 1.807) is 10.8 Å². The first kappa shape index (κ1) is 12.3. The summed E-state index contributed by atoms with van der Waals surface area (Å²) in [6.45, 7) is 4.96. The number of rotatable bonds is 5. The molecule has 100 valence electrons. The van der Waals surface area contributed by atoms with Gasteiger partial charge in [-0.2, -0.15) is 0 Å². The number of nitrogens with zero attached hydrogens (tertiary/aromatic N) is 4. The predicted octanol–water partition coefficient (Wildman–Crippen LogP) is 2.62. The van der Waals surface area contributed by atoms with E-state index in [0.717, 1.165) is 0 Å². The highest BCUT2D eigenvalue weighted by Gasteiger charge is 2.05. The van der Waals surface area contributed by atoms with E-state index in [4.69, 9.17) is 0 Å². The van der Waals surface area contributed by atoms with Crippen molar-refractivity contribution in [2.75, 3.05) is 5.32 Å². The summed E-state index contributed by atoms with van der Waals surface area (Å²) in [6, 6.07) is 14.6. The number of tetrazole rings is 1. The summed E-state index contributed by atoms with van der Waals surface area (Å²) in [6.07, 6.45) is 1.76. The van der Waals surface area contributed by atoms with Crippen LogP contribution >= 0.6 is 0 Å². The van der Waals surface area contributed by atoms with Gasteiger partial charge in [0.2, 0.25) is 5.95 Å². The van der Waals surface area contributed by atoms with Gasteiger partial charge in [0, 0.05) is 6.54 Å². The van der Waals surface area contributed by atoms with Crippen LogP contribution in [0.15, 0.2) is 55.1 Å². The van der Waals surface area contributed by atoms with E-state index in [9.17, 15) is 0 Å². The SMILES string of the molecule is C=CCn1nnnc1NCc1cccc2ccccc12. The Hall–Kier alpha value is -2.69. The normalized spacial score (nSPS) is 10.6. The molecule has 0 saturated heterocycles. The number of aromatic nitrogens is 4. The summed E-state index contributed by atoms with van der Waals surface area (Å²) < 4.78 is 1.68. The van der Waals surface area contributed by atoms with Crippen LogP contribution in [0.5, 0.6) is 0 Å². The number of allylic oxidation sites excluding steroid dienone is 1. The molecule has 0 amide bonds. The summed E-state index contributed by atoms with van der Waals surface area (Å²) in [7, 11) is 0. The molecule has 0 saturated carbocycles. The molecule has 20 heavy (non-hydrogen) atoms. The molecule has 0 unspecified atom stereocenters. The van der Waals surface area contributed by atoms with E-state index in [0.29, 0.717) is 19.0 Å². The van der Waals surface area contributed by atoms with Crippen LogP contribution in [0.4, 0.5) is 5.95 Å². The van der Waals surface area contributed by atoms with Gasteiger partial charge in [-0.25, -0.2) is 4.68 Å². The molecule has 5 heteroatoms. The quantitative estimate of drug-likeness (QED) is 0.720. The number of anilines is 1. The molecule has 1 N–H and O–H groups in total. The predicted molar refractivity (Wildman–Crippen MR) is 79.3 cm³/mol. The molecule has 5 nitrogen and oxygen atoms in total. The fourth-order valence-electron chi connectivity index (χ4n) is 2.20. The highest BCUT2D eigenvalue weighted by molar-refractivity contribution is 5.85. The fourth-order valence-corrected chi connectivity index (χ4v) is 2.20. The van der Waals surface area contributed by atoms with Crippen molar-refractivity contribution in [1.29, 1.82) is 0 Å². The topological polar surface area (TPSA) is 55.6 Å². The zero-order chi connectivity index (χ0) is 13.8. The van der Waals surface area contributed by atoms with Crippen LogP contribution in [0.2, 0.25) is 0 Å². The maximum absolute atomic E-state index is 3.97. The van der Waals surface area contributed by atoms with Crippen LogP contribution in [-0.2, 0) is 13.1 Å². The van der Waals surface area contributed by atoms with Crippen molar-refractivity contribution in [1.82, 2.24) is 20.2 Å². The lowest BCUT2D eigenvalue weighted by Gasteiger charge is -2.08. The largest absolute Gasteiger partial charge is 0.349 e. The molecule has 2 aromatic carbocycles. The standard InChI is InChI=1S/C15H15N5/c1-2-10-20-15(17-18-19-20)16-11-13-8-5-7-12-6-3-4-9-14(12)13/h2-9H,1,10-11H2,(H,16,17,19). The molecule has 0 radical (unpaired) electrons. The van der Waals surface area contributed by atoms with Crippen LogP contribution in [0, 0.1) is 0 Å². The molecule has 0 atom stereocenters. The van der Waals surface area contributed by atoms with Crippen LogP contribution in [0.25, 0.3) is 10.8 Å². The Labute approximate surface area is 116 Å². The molecule has 0 fully saturated rings. The van der Waals surface area contributed by atoms with Crippen LogP contribution < -0.4 is 5.32 Å². The number of nitrogens with one attached hydrogen (secondary N) is 1. The van der Waals surface area contributed by atoms with Gasteiger partial charge in [0.05, 0.1) is 6.54 Å². The summed E-state index contributed by atoms with van der Waals surface area (Å²) >= 11 is 0. The van der Waals surface area contributed by atoms with Crippen LogP contribution in [0.1, 0.15) is 5.56 Å². The van der Waals surface area contributed by atoms with E-state index in [1.807, 2.05) is 12.1 Å². The van der Waals surface area contributed by atoms with Gasteiger partial charge in [-0.3, -0.25) is 0 Å². The Morgan fingerprint density at radius 2 is 2.00 bits per heavy atom. The highest BCUT2D eigenvalue weighted by atomic mass is 15.6. The van der Waals surface area contributed by atoms with Gasteiger partial charge in [-0.05, 0) is 26.8 Å². The molecule has 0 aliphatic carbocycles. The van der Waals surface area contributed by atoms with Gasteiger partial charge in [0.15, 0.2) is 0 Å². The van der Waals surface area contributed by atoms with Crippen molar-refractivity contribution >= 4 is 16.7 Å². The first-order valence-corrected chi connectivity index (χ1v) is 6.46. The van der Waals surface area contributed by atoms with Crippen molar-refractivity contribution in [3.05, 3.63) is 60.7 Å². The van der Waals surface area contributed by atoms with E-state index in [2.05, 4.69) is 57.8 Å². The monoisotopic (exact) mass is 265 g/mol. The average Bonchev–Trinajstić information content (AvgIpc) is 2.93. The minimum absolute atomic E-state index is 0.588. The molecule has 3 aromatic rings. The third kappa shape index (κ3) is 2.38. The molecule has 1 aromatic heterocycles. The van der Waals surface area contributed by atoms with Gasteiger partial charge in [-0.15, -0.1) is 6.58 Å². The lowest BCUT2D eigenvalue weighted by molar-refractivity contribution is 0.663. The lowest BCUT2D eigenvalue weighted by Crippen LogP contribution is -2.08. The minimum Gasteiger partial charge on any atom is -0.349 e. The van der Waals surface area contributed by atoms with Crippen molar-refractivity contribution in [2.24, 2.45) is 0 Å². The zero-order valence-corrected chi connectivity index (χ0v) is 11.0. The molecule has 1 heterocycles. The van der Waals surface area contributed by atoms with Crippen molar-refractivity contribution in [3.63, 3.8) is 0 Å². The van der Waals surface area contributed by atoms with Crippen LogP contribution in [-0.4, -0.2) is 20.2 Å². The smallest absolute Gasteiger partial charge is 0.243 e. The Kier molecular flexibility index (Phi) is 3.41. The molecule has 0 spiro atoms. The average molecular weight is 265 g/mol. The molecule has 3 rings (SSSR count). The van der Waals surface area contributed by atoms with Crippen molar-refractivity contribution in [2.45, 2.75) is 13.1 Å². The first-order chi connectivity index (χ1) is 9.88. The fraction of sp³-hybridized carbons (Fsp3) is 0.133. The summed E-state index contributed by atoms with van der Waals surface area (Å²) in [5, 5.41) is 17.3. The maximum Gasteiger partial charge on any atom is 0.243 e. The van der Waals surface area contributed by atoms with E-state index < -0.39 is 0 Å². The zero-order valence-electron chi connectivity index (χ0n) is 11.0. The Morgan fingerprint density at radius 3 is 2.90 bits per heavy atom. The second-order valence-corrected chi connectivity index (χ2v) is 4.47. The summed E-state index contributed by atoms with van der Waals surface area (Å²) in [4.78, 5) is 0. The Bertz CT molecular complexity index is 726.